The number of thiol groups is 1. The van der Waals surface area contributed by atoms with E-state index in [2.05, 4.69) is 28.2 Å². The standard InChI is InChI=1S/C18H24N4O5S/c1-9(23)15(18(26)27)22-17(25)14(8-28)21-16(24)12(19)6-10-7-20-13-5-3-2-4-11(10)13/h2-5,7,9,12,14-15,20,23,28H,6,8,19H2,1H3,(H,21,24)(H,22,25)(H,26,27)/t9-,12+,14+,15+/m1/s1. The molecule has 2 aromatic rings. The minimum atomic E-state index is -1.49. The van der Waals surface area contributed by atoms with Crippen LogP contribution in [0.25, 0.3) is 10.9 Å². The van der Waals surface area contributed by atoms with Crippen LogP contribution in [-0.2, 0) is 20.8 Å². The number of aliphatic hydroxyl groups excluding tert-OH is 1. The fourth-order valence-electron chi connectivity index (χ4n) is 2.75. The molecule has 0 fully saturated rings. The fraction of sp³-hybridized carbons (Fsp3) is 0.389. The van der Waals surface area contributed by atoms with Crippen molar-refractivity contribution in [3.05, 3.63) is 36.0 Å². The summed E-state index contributed by atoms with van der Waals surface area (Å²) in [5.74, 6) is -2.79. The van der Waals surface area contributed by atoms with Crippen molar-refractivity contribution in [3.63, 3.8) is 0 Å². The van der Waals surface area contributed by atoms with Gasteiger partial charge in [0, 0.05) is 22.9 Å². The molecule has 0 aliphatic carbocycles. The number of hydrogen-bond donors (Lipinski definition) is 7. The number of amides is 2. The van der Waals surface area contributed by atoms with E-state index in [9.17, 15) is 19.5 Å². The Hall–Kier alpha value is -2.56. The molecule has 1 aromatic heterocycles. The maximum absolute atomic E-state index is 12.4. The summed E-state index contributed by atoms with van der Waals surface area (Å²) >= 11 is 4.03. The number of H-pyrrole nitrogens is 1. The first-order valence-corrected chi connectivity index (χ1v) is 9.31. The number of aliphatic hydroxyl groups is 1. The second kappa shape index (κ2) is 9.58. The summed E-state index contributed by atoms with van der Waals surface area (Å²) in [6.45, 7) is 1.24. The predicted octanol–water partition coefficient (Wildman–Crippen LogP) is -0.597. The van der Waals surface area contributed by atoms with E-state index in [0.717, 1.165) is 16.5 Å². The Morgan fingerprint density at radius 1 is 1.21 bits per heavy atom. The number of hydrogen-bond acceptors (Lipinski definition) is 6. The Kier molecular flexibility index (Phi) is 7.44. The number of aromatic nitrogens is 1. The number of carbonyl (C=O) groups is 3. The molecule has 0 bridgehead atoms. The lowest BCUT2D eigenvalue weighted by atomic mass is 10.0. The molecule has 4 atom stereocenters. The summed E-state index contributed by atoms with van der Waals surface area (Å²) in [5.41, 5.74) is 7.78. The lowest BCUT2D eigenvalue weighted by Gasteiger charge is -2.22. The molecular formula is C18H24N4O5S. The minimum absolute atomic E-state index is 0.0659. The monoisotopic (exact) mass is 408 g/mol. The van der Waals surface area contributed by atoms with Gasteiger partial charge in [-0.05, 0) is 25.0 Å². The van der Waals surface area contributed by atoms with Gasteiger partial charge in [0.1, 0.15) is 6.04 Å². The van der Waals surface area contributed by atoms with Crippen LogP contribution >= 0.6 is 12.6 Å². The molecule has 7 N–H and O–H groups in total. The molecule has 0 unspecified atom stereocenters. The van der Waals surface area contributed by atoms with E-state index < -0.39 is 42.0 Å². The van der Waals surface area contributed by atoms with Crippen LogP contribution in [-0.4, -0.2) is 63.0 Å². The molecule has 0 saturated heterocycles. The molecule has 2 amide bonds. The molecule has 28 heavy (non-hydrogen) atoms. The molecule has 1 heterocycles. The molecular weight excluding hydrogens is 384 g/mol. The molecule has 2 rings (SSSR count). The minimum Gasteiger partial charge on any atom is -0.480 e. The van der Waals surface area contributed by atoms with Gasteiger partial charge in [0.2, 0.25) is 11.8 Å². The smallest absolute Gasteiger partial charge is 0.328 e. The van der Waals surface area contributed by atoms with Crippen molar-refractivity contribution in [1.29, 1.82) is 0 Å². The number of carboxylic acid groups (broad SMARTS) is 1. The number of aromatic amines is 1. The van der Waals surface area contributed by atoms with E-state index in [1.807, 2.05) is 24.3 Å². The lowest BCUT2D eigenvalue weighted by Crippen LogP contribution is -2.57. The van der Waals surface area contributed by atoms with Crippen LogP contribution in [0.5, 0.6) is 0 Å². The van der Waals surface area contributed by atoms with Gasteiger partial charge in [-0.1, -0.05) is 18.2 Å². The summed E-state index contributed by atoms with van der Waals surface area (Å²) in [7, 11) is 0. The predicted molar refractivity (Wildman–Crippen MR) is 107 cm³/mol. The summed E-state index contributed by atoms with van der Waals surface area (Å²) in [5, 5.41) is 24.1. The van der Waals surface area contributed by atoms with Gasteiger partial charge < -0.3 is 31.6 Å². The number of rotatable bonds is 9. The Balaban J connectivity index is 2.00. The molecule has 9 nitrogen and oxygen atoms in total. The Labute approximate surface area is 167 Å². The first-order chi connectivity index (χ1) is 13.2. The number of carbonyl (C=O) groups excluding carboxylic acids is 2. The van der Waals surface area contributed by atoms with Gasteiger partial charge in [0.25, 0.3) is 0 Å². The number of para-hydroxylation sites is 1. The summed E-state index contributed by atoms with van der Waals surface area (Å²) in [4.78, 5) is 38.9. The van der Waals surface area contributed by atoms with E-state index in [-0.39, 0.29) is 12.2 Å². The number of nitrogens with two attached hydrogens (primary N) is 1. The van der Waals surface area contributed by atoms with Gasteiger partial charge >= 0.3 is 5.97 Å². The molecule has 152 valence electrons. The second-order valence-corrected chi connectivity index (χ2v) is 6.84. The fourth-order valence-corrected chi connectivity index (χ4v) is 3.00. The maximum Gasteiger partial charge on any atom is 0.328 e. The topological polar surface area (TPSA) is 158 Å². The van der Waals surface area contributed by atoms with Crippen molar-refractivity contribution in [3.8, 4) is 0 Å². The highest BCUT2D eigenvalue weighted by Crippen LogP contribution is 2.18. The number of benzene rings is 1. The molecule has 10 heteroatoms. The molecule has 0 saturated carbocycles. The highest BCUT2D eigenvalue weighted by atomic mass is 32.1. The number of aliphatic carboxylic acids is 1. The third-order valence-corrected chi connectivity index (χ3v) is 4.68. The van der Waals surface area contributed by atoms with Gasteiger partial charge in [-0.3, -0.25) is 9.59 Å². The maximum atomic E-state index is 12.4. The SMILES string of the molecule is C[C@@H](O)[C@H](NC(=O)[C@H](CS)NC(=O)[C@@H](N)Cc1c[nH]c2ccccc12)C(=O)O. The van der Waals surface area contributed by atoms with Crippen LogP contribution in [0.15, 0.2) is 30.5 Å². The van der Waals surface area contributed by atoms with Gasteiger partial charge in [0.15, 0.2) is 6.04 Å². The van der Waals surface area contributed by atoms with Crippen molar-refractivity contribution in [1.82, 2.24) is 15.6 Å². The normalized spacial score (nSPS) is 15.4. The van der Waals surface area contributed by atoms with Gasteiger partial charge in [-0.2, -0.15) is 12.6 Å². The molecule has 1 aromatic carbocycles. The van der Waals surface area contributed by atoms with E-state index >= 15 is 0 Å². The van der Waals surface area contributed by atoms with Crippen LogP contribution in [0.1, 0.15) is 12.5 Å². The lowest BCUT2D eigenvalue weighted by molar-refractivity contribution is -0.145. The highest BCUT2D eigenvalue weighted by molar-refractivity contribution is 7.80. The summed E-state index contributed by atoms with van der Waals surface area (Å²) < 4.78 is 0. The van der Waals surface area contributed by atoms with Crippen LogP contribution in [0, 0.1) is 0 Å². The number of nitrogens with one attached hydrogen (secondary N) is 3. The van der Waals surface area contributed by atoms with Gasteiger partial charge in [-0.15, -0.1) is 0 Å². The van der Waals surface area contributed by atoms with E-state index in [1.165, 1.54) is 6.92 Å². The first-order valence-electron chi connectivity index (χ1n) is 8.67. The van der Waals surface area contributed by atoms with Crippen LogP contribution in [0.3, 0.4) is 0 Å². The van der Waals surface area contributed by atoms with Crippen molar-refractivity contribution >= 4 is 41.3 Å². The summed E-state index contributed by atoms with van der Waals surface area (Å²) in [6.07, 6.45) is 0.727. The zero-order chi connectivity index (χ0) is 20.8. The van der Waals surface area contributed by atoms with Crippen LogP contribution in [0.4, 0.5) is 0 Å². The van der Waals surface area contributed by atoms with Crippen molar-refractivity contribution < 1.29 is 24.6 Å². The van der Waals surface area contributed by atoms with Crippen molar-refractivity contribution in [2.75, 3.05) is 5.75 Å². The third kappa shape index (κ3) is 5.24. The quantitative estimate of drug-likeness (QED) is 0.275. The van der Waals surface area contributed by atoms with E-state index in [1.54, 1.807) is 6.20 Å². The Morgan fingerprint density at radius 3 is 2.50 bits per heavy atom. The number of carboxylic acids is 1. The Morgan fingerprint density at radius 2 is 1.89 bits per heavy atom. The largest absolute Gasteiger partial charge is 0.480 e. The first kappa shape index (κ1) is 21.7. The van der Waals surface area contributed by atoms with Gasteiger partial charge in [0.05, 0.1) is 12.1 Å². The second-order valence-electron chi connectivity index (χ2n) is 6.48. The average Bonchev–Trinajstić information content (AvgIpc) is 3.06. The molecule has 0 aliphatic rings. The zero-order valence-corrected chi connectivity index (χ0v) is 16.1. The average molecular weight is 408 g/mol. The summed E-state index contributed by atoms with van der Waals surface area (Å²) in [6, 6.07) is 4.10. The van der Waals surface area contributed by atoms with Crippen LogP contribution in [0.2, 0.25) is 0 Å². The molecule has 0 spiro atoms. The van der Waals surface area contributed by atoms with Gasteiger partial charge in [-0.25, -0.2) is 4.79 Å². The Bertz CT molecular complexity index is 853. The van der Waals surface area contributed by atoms with E-state index in [4.69, 9.17) is 10.8 Å². The van der Waals surface area contributed by atoms with Crippen LogP contribution < -0.4 is 16.4 Å². The number of fused-ring (bicyclic) bond motifs is 1. The third-order valence-electron chi connectivity index (χ3n) is 4.31. The van der Waals surface area contributed by atoms with Crippen molar-refractivity contribution in [2.45, 2.75) is 37.6 Å². The molecule has 0 radical (unpaired) electrons. The van der Waals surface area contributed by atoms with E-state index in [0.29, 0.717) is 0 Å². The molecule has 0 aliphatic heterocycles. The zero-order valence-electron chi connectivity index (χ0n) is 15.3. The highest BCUT2D eigenvalue weighted by Gasteiger charge is 2.29. The van der Waals surface area contributed by atoms with Crippen molar-refractivity contribution in [2.24, 2.45) is 5.73 Å².